The summed E-state index contributed by atoms with van der Waals surface area (Å²) in [5, 5.41) is 2.84. The summed E-state index contributed by atoms with van der Waals surface area (Å²) in [7, 11) is -0.134. The molecule has 1 amide bonds. The molecule has 6 nitrogen and oxygen atoms in total. The van der Waals surface area contributed by atoms with Gasteiger partial charge in [0.1, 0.15) is 0 Å². The van der Waals surface area contributed by atoms with Crippen LogP contribution in [0.25, 0.3) is 0 Å². The summed E-state index contributed by atoms with van der Waals surface area (Å²) in [5.41, 5.74) is 0. The van der Waals surface area contributed by atoms with Crippen molar-refractivity contribution in [3.63, 3.8) is 0 Å². The summed E-state index contributed by atoms with van der Waals surface area (Å²) < 4.78 is 32.2. The van der Waals surface area contributed by atoms with Crippen molar-refractivity contribution in [3.05, 3.63) is 0 Å². The van der Waals surface area contributed by atoms with E-state index in [-0.39, 0.29) is 17.6 Å². The standard InChI is InChI=1S/C12H26N2O4S/c1-11(2)12(15)13-7-5-8-14(3,4)9-6-10-19(16,17)18/h11H,5-10H2,1-4H3,(H-,13,15,16,17,18). The number of nitrogens with zero attached hydrogens (tertiary/aromatic N) is 1. The summed E-state index contributed by atoms with van der Waals surface area (Å²) in [6, 6.07) is 0. The van der Waals surface area contributed by atoms with Crippen LogP contribution in [-0.2, 0) is 14.9 Å². The van der Waals surface area contributed by atoms with E-state index in [2.05, 4.69) is 5.32 Å². The molecule has 0 aromatic heterocycles. The Morgan fingerprint density at radius 2 is 1.74 bits per heavy atom. The van der Waals surface area contributed by atoms with Crippen molar-refractivity contribution in [1.82, 2.24) is 5.32 Å². The molecule has 0 saturated carbocycles. The highest BCUT2D eigenvalue weighted by Gasteiger charge is 2.15. The zero-order valence-corrected chi connectivity index (χ0v) is 13.1. The minimum Gasteiger partial charge on any atom is -0.748 e. The van der Waals surface area contributed by atoms with Crippen LogP contribution in [0.2, 0.25) is 0 Å². The second-order valence-electron chi connectivity index (χ2n) is 5.80. The van der Waals surface area contributed by atoms with E-state index >= 15 is 0 Å². The van der Waals surface area contributed by atoms with Crippen molar-refractivity contribution < 1.29 is 22.2 Å². The van der Waals surface area contributed by atoms with E-state index < -0.39 is 10.1 Å². The summed E-state index contributed by atoms with van der Waals surface area (Å²) in [4.78, 5) is 11.3. The Balaban J connectivity index is 3.82. The Kier molecular flexibility index (Phi) is 7.54. The van der Waals surface area contributed by atoms with Gasteiger partial charge in [0.15, 0.2) is 0 Å². The molecule has 0 radical (unpaired) electrons. The molecule has 0 bridgehead atoms. The molecule has 0 heterocycles. The molecule has 0 spiro atoms. The van der Waals surface area contributed by atoms with E-state index in [4.69, 9.17) is 0 Å². The quantitative estimate of drug-likeness (QED) is 0.373. The molecule has 0 fully saturated rings. The van der Waals surface area contributed by atoms with Gasteiger partial charge in [0.25, 0.3) is 0 Å². The minimum absolute atomic E-state index is 0.00948. The van der Waals surface area contributed by atoms with Crippen molar-refractivity contribution in [2.45, 2.75) is 26.7 Å². The third-order valence-electron chi connectivity index (χ3n) is 2.92. The molecule has 19 heavy (non-hydrogen) atoms. The van der Waals surface area contributed by atoms with Crippen LogP contribution in [0, 0.1) is 5.92 Å². The molecule has 0 unspecified atom stereocenters. The van der Waals surface area contributed by atoms with E-state index in [0.29, 0.717) is 24.0 Å². The second-order valence-corrected chi connectivity index (χ2v) is 7.32. The summed E-state index contributed by atoms with van der Waals surface area (Å²) in [6.45, 7) is 5.78. The molecule has 0 aromatic rings. The lowest BCUT2D eigenvalue weighted by Gasteiger charge is -2.30. The highest BCUT2D eigenvalue weighted by molar-refractivity contribution is 7.85. The van der Waals surface area contributed by atoms with Gasteiger partial charge in [-0.1, -0.05) is 13.8 Å². The zero-order chi connectivity index (χ0) is 15.1. The van der Waals surface area contributed by atoms with Crippen LogP contribution >= 0.6 is 0 Å². The Hall–Kier alpha value is -0.660. The lowest BCUT2D eigenvalue weighted by Crippen LogP contribution is -2.43. The lowest BCUT2D eigenvalue weighted by molar-refractivity contribution is -0.890. The smallest absolute Gasteiger partial charge is 0.222 e. The fourth-order valence-electron chi connectivity index (χ4n) is 1.70. The molecule has 0 aromatic carbocycles. The van der Waals surface area contributed by atoms with Crippen LogP contribution in [-0.4, -0.2) is 62.8 Å². The first-order valence-electron chi connectivity index (χ1n) is 6.57. The van der Waals surface area contributed by atoms with Gasteiger partial charge >= 0.3 is 0 Å². The molecule has 114 valence electrons. The van der Waals surface area contributed by atoms with Gasteiger partial charge in [0.2, 0.25) is 5.91 Å². The molecule has 0 aliphatic carbocycles. The van der Waals surface area contributed by atoms with Gasteiger partial charge in [-0.2, -0.15) is 0 Å². The fraction of sp³-hybridized carbons (Fsp3) is 0.917. The molecule has 7 heteroatoms. The van der Waals surface area contributed by atoms with Crippen LogP contribution in [0.3, 0.4) is 0 Å². The number of quaternary nitrogens is 1. The molecule has 0 rings (SSSR count). The van der Waals surface area contributed by atoms with E-state index in [1.807, 2.05) is 27.9 Å². The molecule has 0 aliphatic rings. The number of nitrogens with one attached hydrogen (secondary N) is 1. The number of carbonyl (C=O) groups is 1. The topological polar surface area (TPSA) is 86.3 Å². The Morgan fingerprint density at radius 3 is 2.21 bits per heavy atom. The third-order valence-corrected chi connectivity index (χ3v) is 3.71. The van der Waals surface area contributed by atoms with Crippen LogP contribution in [0.5, 0.6) is 0 Å². The van der Waals surface area contributed by atoms with Gasteiger partial charge in [0.05, 0.1) is 37.3 Å². The minimum atomic E-state index is -4.11. The zero-order valence-electron chi connectivity index (χ0n) is 12.3. The Labute approximate surface area is 116 Å². The van der Waals surface area contributed by atoms with E-state index in [0.717, 1.165) is 13.0 Å². The third kappa shape index (κ3) is 10.9. The number of amides is 1. The van der Waals surface area contributed by atoms with E-state index in [1.165, 1.54) is 0 Å². The fourth-order valence-corrected chi connectivity index (χ4v) is 2.19. The average molecular weight is 294 g/mol. The highest BCUT2D eigenvalue weighted by atomic mass is 32.2. The van der Waals surface area contributed by atoms with Crippen LogP contribution in [0.15, 0.2) is 0 Å². The van der Waals surface area contributed by atoms with Crippen LogP contribution < -0.4 is 5.32 Å². The summed E-state index contributed by atoms with van der Waals surface area (Å²) >= 11 is 0. The lowest BCUT2D eigenvalue weighted by atomic mass is 10.2. The van der Waals surface area contributed by atoms with E-state index in [1.54, 1.807) is 0 Å². The highest BCUT2D eigenvalue weighted by Crippen LogP contribution is 2.02. The normalized spacial score (nSPS) is 12.7. The molecule has 1 N–H and O–H groups in total. The largest absolute Gasteiger partial charge is 0.748 e. The Morgan fingerprint density at radius 1 is 1.21 bits per heavy atom. The first kappa shape index (κ1) is 18.3. The number of carbonyl (C=O) groups excluding carboxylic acids is 1. The first-order chi connectivity index (χ1) is 8.53. The van der Waals surface area contributed by atoms with Gasteiger partial charge in [-0.15, -0.1) is 0 Å². The van der Waals surface area contributed by atoms with Gasteiger partial charge in [-0.05, 0) is 0 Å². The Bertz CT molecular complexity index is 377. The first-order valence-corrected chi connectivity index (χ1v) is 8.14. The molecular weight excluding hydrogens is 268 g/mol. The van der Waals surface area contributed by atoms with Crippen LogP contribution in [0.1, 0.15) is 26.7 Å². The second kappa shape index (κ2) is 7.81. The van der Waals surface area contributed by atoms with Crippen molar-refractivity contribution in [2.75, 3.05) is 39.5 Å². The predicted octanol–water partition coefficient (Wildman–Crippen LogP) is 0.160. The maximum Gasteiger partial charge on any atom is 0.222 e. The SMILES string of the molecule is CC(C)C(=O)NCCC[N+](C)(C)CCCS(=O)(=O)[O-]. The van der Waals surface area contributed by atoms with Crippen molar-refractivity contribution >= 4 is 16.0 Å². The van der Waals surface area contributed by atoms with Gasteiger partial charge < -0.3 is 14.4 Å². The number of rotatable bonds is 9. The molecule has 0 saturated heterocycles. The maximum absolute atomic E-state index is 11.3. The molecule has 0 atom stereocenters. The van der Waals surface area contributed by atoms with Crippen molar-refractivity contribution in [1.29, 1.82) is 0 Å². The summed E-state index contributed by atoms with van der Waals surface area (Å²) in [5.74, 6) is -0.272. The number of hydrogen-bond acceptors (Lipinski definition) is 4. The predicted molar refractivity (Wildman–Crippen MR) is 73.5 cm³/mol. The number of hydrogen-bond donors (Lipinski definition) is 1. The van der Waals surface area contributed by atoms with E-state index in [9.17, 15) is 17.8 Å². The summed E-state index contributed by atoms with van der Waals surface area (Å²) in [6.07, 6.45) is 1.20. The molecule has 0 aliphatic heterocycles. The van der Waals surface area contributed by atoms with Gasteiger partial charge in [-0.25, -0.2) is 8.42 Å². The average Bonchev–Trinajstić information content (AvgIpc) is 2.21. The van der Waals surface area contributed by atoms with Gasteiger partial charge in [0, 0.05) is 31.1 Å². The monoisotopic (exact) mass is 294 g/mol. The van der Waals surface area contributed by atoms with Crippen LogP contribution in [0.4, 0.5) is 0 Å². The van der Waals surface area contributed by atoms with Crippen molar-refractivity contribution in [2.24, 2.45) is 5.92 Å². The maximum atomic E-state index is 11.3. The van der Waals surface area contributed by atoms with Gasteiger partial charge in [-0.3, -0.25) is 4.79 Å². The van der Waals surface area contributed by atoms with Crippen molar-refractivity contribution in [3.8, 4) is 0 Å². The molecular formula is C12H26N2O4S.